The summed E-state index contributed by atoms with van der Waals surface area (Å²) in [6.45, 7) is 7.59. The quantitative estimate of drug-likeness (QED) is 0.183. The zero-order chi connectivity index (χ0) is 29.9. The van der Waals surface area contributed by atoms with E-state index in [9.17, 15) is 14.4 Å². The number of thiophene rings is 1. The molecule has 0 radical (unpaired) electrons. The van der Waals surface area contributed by atoms with Gasteiger partial charge < -0.3 is 24.4 Å². The largest absolute Gasteiger partial charge is 0.493 e. The van der Waals surface area contributed by atoms with Crippen LogP contribution in [0.4, 0.5) is 11.4 Å². The minimum absolute atomic E-state index is 0.0358. The fraction of sp³-hybridized carbons (Fsp3) is 0.364. The van der Waals surface area contributed by atoms with Crippen molar-refractivity contribution < 1.29 is 14.3 Å². The number of aryl methyl sites for hydroxylation is 1. The van der Waals surface area contributed by atoms with Crippen LogP contribution in [0.25, 0.3) is 10.8 Å². The topological polar surface area (TPSA) is 83.9 Å². The highest BCUT2D eigenvalue weighted by molar-refractivity contribution is 7.08. The molecule has 9 heteroatoms. The summed E-state index contributed by atoms with van der Waals surface area (Å²) in [4.78, 5) is 42.4. The van der Waals surface area contributed by atoms with Crippen LogP contribution in [-0.4, -0.2) is 43.1 Å². The van der Waals surface area contributed by atoms with Crippen molar-refractivity contribution in [3.63, 3.8) is 0 Å². The van der Waals surface area contributed by atoms with Crippen molar-refractivity contribution in [3.8, 4) is 5.75 Å². The third kappa shape index (κ3) is 5.84. The van der Waals surface area contributed by atoms with E-state index in [1.54, 1.807) is 46.6 Å². The lowest BCUT2D eigenvalue weighted by atomic mass is 9.90. The highest BCUT2D eigenvalue weighted by atomic mass is 32.1. The maximum absolute atomic E-state index is 13.1. The Morgan fingerprint density at radius 3 is 2.57 bits per heavy atom. The Bertz CT molecular complexity index is 1630. The van der Waals surface area contributed by atoms with Gasteiger partial charge in [-0.2, -0.15) is 11.3 Å². The van der Waals surface area contributed by atoms with E-state index in [1.165, 1.54) is 5.56 Å². The third-order valence-corrected chi connectivity index (χ3v) is 8.71. The molecule has 5 rings (SSSR count). The molecule has 42 heavy (non-hydrogen) atoms. The highest BCUT2D eigenvalue weighted by Gasteiger charge is 2.45. The zero-order valence-electron chi connectivity index (χ0n) is 24.6. The monoisotopic (exact) mass is 586 g/mol. The number of rotatable bonds is 11. The second-order valence-corrected chi connectivity index (χ2v) is 11.9. The van der Waals surface area contributed by atoms with Gasteiger partial charge in [-0.05, 0) is 92.2 Å². The molecule has 2 aromatic carbocycles. The Balaban J connectivity index is 1.19. The number of anilines is 2. The van der Waals surface area contributed by atoms with Crippen LogP contribution in [0, 0.1) is 5.41 Å². The smallest absolute Gasteiger partial charge is 0.258 e. The lowest BCUT2D eigenvalue weighted by Gasteiger charge is -2.27. The van der Waals surface area contributed by atoms with Crippen molar-refractivity contribution in [2.24, 2.45) is 5.41 Å². The molecule has 0 fully saturated rings. The highest BCUT2D eigenvalue weighted by Crippen LogP contribution is 2.40. The molecule has 3 heterocycles. The van der Waals surface area contributed by atoms with E-state index in [2.05, 4.69) is 22.1 Å². The first-order valence-corrected chi connectivity index (χ1v) is 15.4. The van der Waals surface area contributed by atoms with E-state index in [4.69, 9.17) is 4.74 Å². The third-order valence-electron chi connectivity index (χ3n) is 8.01. The van der Waals surface area contributed by atoms with E-state index in [0.29, 0.717) is 36.8 Å². The van der Waals surface area contributed by atoms with E-state index in [1.807, 2.05) is 61.7 Å². The molecule has 2 aromatic heterocycles. The van der Waals surface area contributed by atoms with E-state index < -0.39 is 5.41 Å². The fourth-order valence-corrected chi connectivity index (χ4v) is 6.26. The van der Waals surface area contributed by atoms with Crippen LogP contribution < -0.4 is 25.4 Å². The van der Waals surface area contributed by atoms with Crippen LogP contribution in [0.2, 0.25) is 0 Å². The number of pyridine rings is 1. The van der Waals surface area contributed by atoms with Gasteiger partial charge in [-0.15, -0.1) is 0 Å². The predicted molar refractivity (Wildman–Crippen MR) is 170 cm³/mol. The van der Waals surface area contributed by atoms with Gasteiger partial charge in [-0.3, -0.25) is 14.4 Å². The number of nitrogens with zero attached hydrogens (tertiary/aromatic N) is 3. The minimum atomic E-state index is -1.14. The van der Waals surface area contributed by atoms with Crippen LogP contribution in [-0.2, 0) is 16.1 Å². The maximum Gasteiger partial charge on any atom is 0.258 e. The number of carbonyl (C=O) groups excluding carboxylic acids is 2. The van der Waals surface area contributed by atoms with Crippen LogP contribution in [0.5, 0.6) is 5.75 Å². The SMILES string of the molecule is CCN1C(=O)C(C)(C)C(=O)N(C)c2cc(OCCCNC(CCn3ccc4ccccc4c3=O)c3ccsc3)ccc21. The number of aromatic nitrogens is 1. The normalized spacial score (nSPS) is 15.5. The Labute approximate surface area is 250 Å². The number of benzene rings is 2. The van der Waals surface area contributed by atoms with E-state index in [-0.39, 0.29) is 23.4 Å². The molecule has 1 atom stereocenters. The summed E-state index contributed by atoms with van der Waals surface area (Å²) in [5.41, 5.74) is 1.48. The first-order valence-electron chi connectivity index (χ1n) is 14.4. The molecule has 0 spiro atoms. The number of amides is 2. The molecule has 4 aromatic rings. The van der Waals surface area contributed by atoms with E-state index in [0.717, 1.165) is 30.2 Å². The standard InChI is InChI=1S/C33H38N4O4S/c1-5-37-28-12-11-25(21-29(28)35(4)31(39)33(2,3)32(37)40)41-19-8-16-34-27(24-15-20-42-22-24)14-18-36-17-13-23-9-6-7-10-26(23)30(36)38/h6-7,9-13,15,17,20-22,27,34H,5,8,14,16,18-19H2,1-4H3. The molecular formula is C33H38N4O4S. The molecule has 8 nitrogen and oxygen atoms in total. The summed E-state index contributed by atoms with van der Waals surface area (Å²) in [5, 5.41) is 9.57. The summed E-state index contributed by atoms with van der Waals surface area (Å²) in [7, 11) is 1.71. The van der Waals surface area contributed by atoms with Crippen molar-refractivity contribution in [2.45, 2.75) is 46.2 Å². The summed E-state index contributed by atoms with van der Waals surface area (Å²) in [5.74, 6) is 0.212. The van der Waals surface area contributed by atoms with Gasteiger partial charge in [-0.1, -0.05) is 18.2 Å². The fourth-order valence-electron chi connectivity index (χ4n) is 5.54. The lowest BCUT2D eigenvalue weighted by Crippen LogP contribution is -2.47. The molecule has 2 amide bonds. The minimum Gasteiger partial charge on any atom is -0.493 e. The van der Waals surface area contributed by atoms with Crippen molar-refractivity contribution in [1.29, 1.82) is 0 Å². The average molecular weight is 587 g/mol. The van der Waals surface area contributed by atoms with Gasteiger partial charge >= 0.3 is 0 Å². The molecule has 0 saturated carbocycles. The number of nitrogens with one attached hydrogen (secondary N) is 1. The number of ether oxygens (including phenoxy) is 1. The molecular weight excluding hydrogens is 548 g/mol. The van der Waals surface area contributed by atoms with Crippen LogP contribution in [0.1, 0.15) is 45.2 Å². The van der Waals surface area contributed by atoms with Gasteiger partial charge in [-0.25, -0.2) is 0 Å². The van der Waals surface area contributed by atoms with Crippen molar-refractivity contribution in [3.05, 3.63) is 87.5 Å². The second kappa shape index (κ2) is 12.5. The number of fused-ring (bicyclic) bond motifs is 2. The number of carbonyl (C=O) groups is 2. The van der Waals surface area contributed by atoms with Gasteiger partial charge in [0.2, 0.25) is 11.8 Å². The molecule has 1 N–H and O–H groups in total. The molecule has 0 aliphatic carbocycles. The summed E-state index contributed by atoms with van der Waals surface area (Å²) in [6, 6.07) is 17.5. The molecule has 1 unspecified atom stereocenters. The first-order chi connectivity index (χ1) is 20.2. The number of hydrogen-bond acceptors (Lipinski definition) is 6. The predicted octanol–water partition coefficient (Wildman–Crippen LogP) is 5.61. The van der Waals surface area contributed by atoms with Crippen molar-refractivity contribution in [1.82, 2.24) is 9.88 Å². The average Bonchev–Trinajstić information content (AvgIpc) is 3.53. The summed E-state index contributed by atoms with van der Waals surface area (Å²) in [6.07, 6.45) is 3.43. The lowest BCUT2D eigenvalue weighted by molar-refractivity contribution is -0.137. The molecule has 1 aliphatic heterocycles. The Hall–Kier alpha value is -3.95. The van der Waals surface area contributed by atoms with Gasteiger partial charge in [0.05, 0.1) is 18.0 Å². The summed E-state index contributed by atoms with van der Waals surface area (Å²) >= 11 is 1.66. The second-order valence-electron chi connectivity index (χ2n) is 11.1. The molecule has 220 valence electrons. The summed E-state index contributed by atoms with van der Waals surface area (Å²) < 4.78 is 7.87. The molecule has 0 bridgehead atoms. The van der Waals surface area contributed by atoms with E-state index >= 15 is 0 Å². The molecule has 0 saturated heterocycles. The Morgan fingerprint density at radius 2 is 1.81 bits per heavy atom. The Kier molecular flexibility index (Phi) is 8.80. The van der Waals surface area contributed by atoms with Crippen LogP contribution in [0.15, 0.2) is 76.3 Å². The maximum atomic E-state index is 13.1. The molecule has 1 aliphatic rings. The van der Waals surface area contributed by atoms with Crippen molar-refractivity contribution >= 4 is 45.3 Å². The van der Waals surface area contributed by atoms with Gasteiger partial charge in [0.15, 0.2) is 0 Å². The number of hydrogen-bond donors (Lipinski definition) is 1. The van der Waals surface area contributed by atoms with Gasteiger partial charge in [0.1, 0.15) is 11.2 Å². The first kappa shape index (κ1) is 29.5. The van der Waals surface area contributed by atoms with Crippen LogP contribution >= 0.6 is 11.3 Å². The zero-order valence-corrected chi connectivity index (χ0v) is 25.4. The van der Waals surface area contributed by atoms with Crippen molar-refractivity contribution in [2.75, 3.05) is 36.5 Å². The Morgan fingerprint density at radius 1 is 1.00 bits per heavy atom. The van der Waals surface area contributed by atoms with Gasteiger partial charge in [0.25, 0.3) is 5.56 Å². The van der Waals surface area contributed by atoms with Gasteiger partial charge in [0, 0.05) is 43.8 Å². The van der Waals surface area contributed by atoms with Crippen LogP contribution in [0.3, 0.4) is 0 Å².